The number of rotatable bonds is 3. The van der Waals surface area contributed by atoms with E-state index in [1.54, 1.807) is 37.3 Å². The van der Waals surface area contributed by atoms with Crippen LogP contribution in [-0.4, -0.2) is 11.1 Å². The fraction of sp³-hybridized carbons (Fsp3) is 0.0714. The first-order valence-corrected chi connectivity index (χ1v) is 5.34. The third-order valence-corrected chi connectivity index (χ3v) is 2.47. The summed E-state index contributed by atoms with van der Waals surface area (Å²) in [5.41, 5.74) is 0.831. The predicted molar refractivity (Wildman–Crippen MR) is 65.4 cm³/mol. The summed E-state index contributed by atoms with van der Waals surface area (Å²) in [4.78, 5) is 10.5. The second-order valence-corrected chi connectivity index (χ2v) is 3.81. The number of hydrogen-bond donors (Lipinski definition) is 1. The standard InChI is InChI=1S/C14H11FO3/c1-9(8-14(16)17)12-6-7-13(18-12)10-4-2-3-5-11(10)15/h2-8H,1H3,(H,16,17)/b9-8+. The van der Waals surface area contributed by atoms with Crippen LogP contribution in [0.4, 0.5) is 4.39 Å². The van der Waals surface area contributed by atoms with Crippen molar-refractivity contribution in [1.29, 1.82) is 0 Å². The maximum absolute atomic E-state index is 13.5. The molecule has 1 heterocycles. The molecule has 0 atom stereocenters. The Bertz CT molecular complexity index is 611. The predicted octanol–water partition coefficient (Wildman–Crippen LogP) is 3.57. The SMILES string of the molecule is C/C(=C\C(=O)O)c1ccc(-c2ccccc2F)o1. The molecule has 0 spiro atoms. The molecule has 2 aromatic rings. The molecular weight excluding hydrogens is 235 g/mol. The highest BCUT2D eigenvalue weighted by molar-refractivity contribution is 5.88. The van der Waals surface area contributed by atoms with Gasteiger partial charge in [-0.2, -0.15) is 0 Å². The van der Waals surface area contributed by atoms with E-state index in [0.29, 0.717) is 22.7 Å². The molecule has 2 rings (SSSR count). The molecule has 0 amide bonds. The number of halogens is 1. The number of carboxylic acid groups (broad SMARTS) is 1. The van der Waals surface area contributed by atoms with E-state index in [1.165, 1.54) is 6.07 Å². The van der Waals surface area contributed by atoms with Gasteiger partial charge in [-0.15, -0.1) is 0 Å². The molecule has 18 heavy (non-hydrogen) atoms. The molecule has 1 aromatic carbocycles. The van der Waals surface area contributed by atoms with E-state index in [0.717, 1.165) is 6.08 Å². The Morgan fingerprint density at radius 3 is 2.67 bits per heavy atom. The van der Waals surface area contributed by atoms with Crippen molar-refractivity contribution in [3.8, 4) is 11.3 Å². The molecule has 92 valence electrons. The van der Waals surface area contributed by atoms with Crippen LogP contribution in [0.2, 0.25) is 0 Å². The fourth-order valence-electron chi connectivity index (χ4n) is 1.61. The Balaban J connectivity index is 2.37. The van der Waals surface area contributed by atoms with Gasteiger partial charge in [0, 0.05) is 6.08 Å². The lowest BCUT2D eigenvalue weighted by Crippen LogP contribution is -1.88. The molecule has 0 saturated carbocycles. The highest BCUT2D eigenvalue weighted by atomic mass is 19.1. The second-order valence-electron chi connectivity index (χ2n) is 3.81. The summed E-state index contributed by atoms with van der Waals surface area (Å²) in [6.07, 6.45) is 1.05. The summed E-state index contributed by atoms with van der Waals surface area (Å²) >= 11 is 0. The van der Waals surface area contributed by atoms with Crippen molar-refractivity contribution >= 4 is 11.5 Å². The van der Waals surface area contributed by atoms with Crippen LogP contribution in [0.3, 0.4) is 0 Å². The number of aliphatic carboxylic acids is 1. The largest absolute Gasteiger partial charge is 0.478 e. The first-order chi connectivity index (χ1) is 8.58. The summed E-state index contributed by atoms with van der Waals surface area (Å²) in [5, 5.41) is 8.64. The van der Waals surface area contributed by atoms with Gasteiger partial charge >= 0.3 is 5.97 Å². The average molecular weight is 246 g/mol. The smallest absolute Gasteiger partial charge is 0.328 e. The first kappa shape index (κ1) is 12.1. The van der Waals surface area contributed by atoms with Gasteiger partial charge < -0.3 is 9.52 Å². The first-order valence-electron chi connectivity index (χ1n) is 5.34. The van der Waals surface area contributed by atoms with E-state index in [1.807, 2.05) is 0 Å². The van der Waals surface area contributed by atoms with Crippen molar-refractivity contribution in [2.75, 3.05) is 0 Å². The number of carboxylic acids is 1. The van der Waals surface area contributed by atoms with Gasteiger partial charge in [-0.05, 0) is 36.8 Å². The Hall–Kier alpha value is -2.36. The van der Waals surface area contributed by atoms with Gasteiger partial charge in [0.2, 0.25) is 0 Å². The zero-order valence-electron chi connectivity index (χ0n) is 9.68. The molecule has 0 saturated heterocycles. The van der Waals surface area contributed by atoms with Crippen LogP contribution >= 0.6 is 0 Å². The van der Waals surface area contributed by atoms with Crippen molar-refractivity contribution in [3.63, 3.8) is 0 Å². The topological polar surface area (TPSA) is 50.4 Å². The van der Waals surface area contributed by atoms with Crippen LogP contribution in [0, 0.1) is 5.82 Å². The summed E-state index contributed by atoms with van der Waals surface area (Å²) in [6, 6.07) is 9.49. The molecule has 0 aliphatic rings. The van der Waals surface area contributed by atoms with Crippen LogP contribution in [0.25, 0.3) is 16.9 Å². The van der Waals surface area contributed by atoms with Gasteiger partial charge in [-0.3, -0.25) is 0 Å². The highest BCUT2D eigenvalue weighted by Crippen LogP contribution is 2.27. The summed E-state index contributed by atoms with van der Waals surface area (Å²) in [5.74, 6) is -0.633. The molecule has 4 heteroatoms. The number of carbonyl (C=O) groups is 1. The van der Waals surface area contributed by atoms with E-state index in [2.05, 4.69) is 0 Å². The summed E-state index contributed by atoms with van der Waals surface area (Å²) in [6.45, 7) is 1.62. The summed E-state index contributed by atoms with van der Waals surface area (Å²) in [7, 11) is 0. The Labute approximate surface area is 103 Å². The van der Waals surface area contributed by atoms with E-state index < -0.39 is 5.97 Å². The number of hydrogen-bond acceptors (Lipinski definition) is 2. The number of furan rings is 1. The lowest BCUT2D eigenvalue weighted by Gasteiger charge is -1.99. The van der Waals surface area contributed by atoms with Crippen molar-refractivity contribution in [2.24, 2.45) is 0 Å². The zero-order valence-corrected chi connectivity index (χ0v) is 9.68. The van der Waals surface area contributed by atoms with Crippen molar-refractivity contribution in [3.05, 3.63) is 54.1 Å². The Morgan fingerprint density at radius 2 is 2.00 bits per heavy atom. The maximum atomic E-state index is 13.5. The number of allylic oxidation sites excluding steroid dienone is 1. The zero-order chi connectivity index (χ0) is 13.1. The minimum atomic E-state index is -1.05. The van der Waals surface area contributed by atoms with Crippen LogP contribution in [0.1, 0.15) is 12.7 Å². The lowest BCUT2D eigenvalue weighted by atomic mass is 10.1. The molecule has 0 aliphatic carbocycles. The van der Waals surface area contributed by atoms with Crippen molar-refractivity contribution < 1.29 is 18.7 Å². The fourth-order valence-corrected chi connectivity index (χ4v) is 1.61. The van der Waals surface area contributed by atoms with Crippen LogP contribution < -0.4 is 0 Å². The van der Waals surface area contributed by atoms with Gasteiger partial charge in [0.1, 0.15) is 17.3 Å². The molecule has 0 radical (unpaired) electrons. The Kier molecular flexibility index (Phi) is 3.28. The number of benzene rings is 1. The molecule has 3 nitrogen and oxygen atoms in total. The summed E-state index contributed by atoms with van der Waals surface area (Å²) < 4.78 is 19.0. The minimum absolute atomic E-state index is 0.354. The van der Waals surface area contributed by atoms with E-state index in [9.17, 15) is 9.18 Å². The maximum Gasteiger partial charge on any atom is 0.328 e. The van der Waals surface area contributed by atoms with Crippen LogP contribution in [-0.2, 0) is 4.79 Å². The van der Waals surface area contributed by atoms with Gasteiger partial charge in [0.25, 0.3) is 0 Å². The minimum Gasteiger partial charge on any atom is -0.478 e. The normalized spacial score (nSPS) is 11.6. The van der Waals surface area contributed by atoms with Crippen molar-refractivity contribution in [1.82, 2.24) is 0 Å². The molecule has 0 bridgehead atoms. The van der Waals surface area contributed by atoms with Crippen molar-refractivity contribution in [2.45, 2.75) is 6.92 Å². The van der Waals surface area contributed by atoms with Crippen LogP contribution in [0.5, 0.6) is 0 Å². The quantitative estimate of drug-likeness (QED) is 0.842. The third kappa shape index (κ3) is 2.48. The second kappa shape index (κ2) is 4.87. The van der Waals surface area contributed by atoms with Gasteiger partial charge in [-0.1, -0.05) is 12.1 Å². The molecule has 0 fully saturated rings. The average Bonchev–Trinajstić information content (AvgIpc) is 2.78. The molecule has 0 unspecified atom stereocenters. The lowest BCUT2D eigenvalue weighted by molar-refractivity contribution is -0.131. The highest BCUT2D eigenvalue weighted by Gasteiger charge is 2.10. The van der Waals surface area contributed by atoms with Crippen LogP contribution in [0.15, 0.2) is 46.9 Å². The molecule has 1 N–H and O–H groups in total. The van der Waals surface area contributed by atoms with E-state index >= 15 is 0 Å². The van der Waals surface area contributed by atoms with Gasteiger partial charge in [0.15, 0.2) is 0 Å². The molecule has 0 aliphatic heterocycles. The molecule has 1 aromatic heterocycles. The van der Waals surface area contributed by atoms with Gasteiger partial charge in [-0.25, -0.2) is 9.18 Å². The Morgan fingerprint density at radius 1 is 1.28 bits per heavy atom. The van der Waals surface area contributed by atoms with E-state index in [4.69, 9.17) is 9.52 Å². The monoisotopic (exact) mass is 246 g/mol. The molecular formula is C14H11FO3. The third-order valence-electron chi connectivity index (χ3n) is 2.47. The van der Waals surface area contributed by atoms with Gasteiger partial charge in [0.05, 0.1) is 5.56 Å². The van der Waals surface area contributed by atoms with E-state index in [-0.39, 0.29) is 5.82 Å².